The van der Waals surface area contributed by atoms with E-state index in [1.165, 1.54) is 6.42 Å². The summed E-state index contributed by atoms with van der Waals surface area (Å²) in [7, 11) is 0. The molecule has 1 aliphatic carbocycles. The Hall–Kier alpha value is -1.65. The number of anilines is 1. The number of rotatable bonds is 1. The number of hydrogen-bond donors (Lipinski definition) is 2. The maximum Gasteiger partial charge on any atom is 0.271 e. The van der Waals surface area contributed by atoms with Gasteiger partial charge in [0.15, 0.2) is 11.5 Å². The van der Waals surface area contributed by atoms with Gasteiger partial charge in [0.2, 0.25) is 0 Å². The summed E-state index contributed by atoms with van der Waals surface area (Å²) in [5.74, 6) is -0.449. The molecule has 1 aliphatic rings. The first-order valence-electron chi connectivity index (χ1n) is 5.13. The van der Waals surface area contributed by atoms with E-state index in [9.17, 15) is 4.79 Å². The first-order valence-corrected chi connectivity index (χ1v) is 5.13. The summed E-state index contributed by atoms with van der Waals surface area (Å²) in [6, 6.07) is 0. The molecule has 0 saturated carbocycles. The van der Waals surface area contributed by atoms with Gasteiger partial charge in [-0.15, -0.1) is 0 Å². The van der Waals surface area contributed by atoms with Gasteiger partial charge in [-0.05, 0) is 25.7 Å². The molecule has 0 aliphatic heterocycles. The van der Waals surface area contributed by atoms with Crippen LogP contribution in [0.25, 0.3) is 0 Å². The average molecular weight is 206 g/mol. The van der Waals surface area contributed by atoms with E-state index in [1.54, 1.807) is 0 Å². The molecule has 0 bridgehead atoms. The Kier molecular flexibility index (Phi) is 2.53. The van der Waals surface area contributed by atoms with Crippen molar-refractivity contribution < 1.29 is 4.79 Å². The highest BCUT2D eigenvalue weighted by Crippen LogP contribution is 2.19. The van der Waals surface area contributed by atoms with Crippen molar-refractivity contribution in [2.75, 3.05) is 5.73 Å². The number of nitrogens with zero attached hydrogens (tertiary/aromatic N) is 2. The second kappa shape index (κ2) is 3.84. The van der Waals surface area contributed by atoms with Crippen molar-refractivity contribution in [1.82, 2.24) is 9.97 Å². The van der Waals surface area contributed by atoms with Gasteiger partial charge in [-0.25, -0.2) is 9.97 Å². The molecule has 0 radical (unpaired) electrons. The number of aromatic nitrogens is 2. The van der Waals surface area contributed by atoms with Crippen LogP contribution in [0.15, 0.2) is 0 Å². The van der Waals surface area contributed by atoms with Crippen LogP contribution in [-0.2, 0) is 12.8 Å². The summed E-state index contributed by atoms with van der Waals surface area (Å²) < 4.78 is 0. The van der Waals surface area contributed by atoms with Gasteiger partial charge in [0, 0.05) is 0 Å². The number of aryl methyl sites for hydroxylation is 2. The summed E-state index contributed by atoms with van der Waals surface area (Å²) in [5, 5.41) is 0. The van der Waals surface area contributed by atoms with Gasteiger partial charge in [0.1, 0.15) is 0 Å². The number of amides is 1. The lowest BCUT2D eigenvalue weighted by Gasteiger charge is -2.07. The number of hydrogen-bond acceptors (Lipinski definition) is 4. The Morgan fingerprint density at radius 2 is 1.67 bits per heavy atom. The van der Waals surface area contributed by atoms with Crippen LogP contribution in [0.4, 0.5) is 5.82 Å². The summed E-state index contributed by atoms with van der Waals surface area (Å²) in [4.78, 5) is 19.5. The van der Waals surface area contributed by atoms with E-state index in [-0.39, 0.29) is 11.5 Å². The highest BCUT2D eigenvalue weighted by molar-refractivity contribution is 5.95. The minimum absolute atomic E-state index is 0.107. The molecule has 0 spiro atoms. The van der Waals surface area contributed by atoms with Crippen LogP contribution < -0.4 is 11.5 Å². The lowest BCUT2D eigenvalue weighted by molar-refractivity contribution is 0.0996. The Morgan fingerprint density at radius 1 is 1.07 bits per heavy atom. The largest absolute Gasteiger partial charge is 0.382 e. The summed E-state index contributed by atoms with van der Waals surface area (Å²) in [6.45, 7) is 0. The Bertz CT molecular complexity index is 403. The standard InChI is InChI=1S/C10H14N4O/c11-9-8(10(12)15)13-6-4-2-1-3-5-7(6)14-9/h1-5H2,(H2,11,14)(H2,12,15). The van der Waals surface area contributed by atoms with Gasteiger partial charge in [-0.3, -0.25) is 4.79 Å². The molecule has 0 fully saturated rings. The van der Waals surface area contributed by atoms with E-state index < -0.39 is 5.91 Å². The third-order valence-electron chi connectivity index (χ3n) is 2.64. The number of nitrogen functional groups attached to an aromatic ring is 1. The van der Waals surface area contributed by atoms with E-state index in [1.807, 2.05) is 0 Å². The van der Waals surface area contributed by atoms with Crippen LogP contribution in [0.2, 0.25) is 0 Å². The number of fused-ring (bicyclic) bond motifs is 1. The third-order valence-corrected chi connectivity index (χ3v) is 2.64. The van der Waals surface area contributed by atoms with Crippen LogP contribution in [0, 0.1) is 0 Å². The molecule has 80 valence electrons. The zero-order valence-corrected chi connectivity index (χ0v) is 8.49. The van der Waals surface area contributed by atoms with Crippen molar-refractivity contribution in [2.45, 2.75) is 32.1 Å². The highest BCUT2D eigenvalue weighted by Gasteiger charge is 2.16. The minimum Gasteiger partial charge on any atom is -0.382 e. The normalized spacial score (nSPS) is 15.5. The van der Waals surface area contributed by atoms with Crippen molar-refractivity contribution in [3.63, 3.8) is 0 Å². The number of nitrogens with two attached hydrogens (primary N) is 2. The Balaban J connectivity index is 2.47. The van der Waals surface area contributed by atoms with Crippen molar-refractivity contribution in [2.24, 2.45) is 5.73 Å². The molecule has 5 heteroatoms. The van der Waals surface area contributed by atoms with Crippen LogP contribution in [0.5, 0.6) is 0 Å². The molecule has 2 rings (SSSR count). The molecule has 0 unspecified atom stereocenters. The topological polar surface area (TPSA) is 94.9 Å². The molecule has 4 N–H and O–H groups in total. The molecular weight excluding hydrogens is 192 g/mol. The zero-order chi connectivity index (χ0) is 10.8. The van der Waals surface area contributed by atoms with Gasteiger partial charge in [-0.2, -0.15) is 0 Å². The molecule has 15 heavy (non-hydrogen) atoms. The van der Waals surface area contributed by atoms with E-state index >= 15 is 0 Å². The summed E-state index contributed by atoms with van der Waals surface area (Å²) >= 11 is 0. The number of carbonyl (C=O) groups is 1. The zero-order valence-electron chi connectivity index (χ0n) is 8.49. The smallest absolute Gasteiger partial charge is 0.271 e. The lowest BCUT2D eigenvalue weighted by Crippen LogP contribution is -2.19. The summed E-state index contributed by atoms with van der Waals surface area (Å²) in [6.07, 6.45) is 5.12. The van der Waals surface area contributed by atoms with Crippen molar-refractivity contribution in [3.8, 4) is 0 Å². The fourth-order valence-corrected chi connectivity index (χ4v) is 1.86. The molecule has 0 aromatic carbocycles. The van der Waals surface area contributed by atoms with Crippen LogP contribution in [0.3, 0.4) is 0 Å². The van der Waals surface area contributed by atoms with Crippen molar-refractivity contribution in [3.05, 3.63) is 17.1 Å². The number of primary amides is 1. The molecule has 1 aromatic heterocycles. The SMILES string of the molecule is NC(=O)c1nc2c(nc1N)CCCCC2. The maximum atomic E-state index is 11.0. The fourth-order valence-electron chi connectivity index (χ4n) is 1.86. The lowest BCUT2D eigenvalue weighted by atomic mass is 10.2. The number of carbonyl (C=O) groups excluding carboxylic acids is 1. The minimum atomic E-state index is -0.605. The highest BCUT2D eigenvalue weighted by atomic mass is 16.1. The molecular formula is C10H14N4O. The fraction of sp³-hybridized carbons (Fsp3) is 0.500. The predicted molar refractivity (Wildman–Crippen MR) is 56.2 cm³/mol. The van der Waals surface area contributed by atoms with E-state index in [0.29, 0.717) is 0 Å². The molecule has 1 aromatic rings. The second-order valence-corrected chi connectivity index (χ2v) is 3.78. The van der Waals surface area contributed by atoms with Crippen LogP contribution in [0.1, 0.15) is 41.1 Å². The van der Waals surface area contributed by atoms with Crippen molar-refractivity contribution in [1.29, 1.82) is 0 Å². The monoisotopic (exact) mass is 206 g/mol. The quantitative estimate of drug-likeness (QED) is 0.651. The Morgan fingerprint density at radius 3 is 2.27 bits per heavy atom. The molecule has 1 heterocycles. The third kappa shape index (κ3) is 1.91. The predicted octanol–water partition coefficient (Wildman–Crippen LogP) is 0.427. The van der Waals surface area contributed by atoms with Crippen LogP contribution in [-0.4, -0.2) is 15.9 Å². The first kappa shape index (κ1) is 9.89. The van der Waals surface area contributed by atoms with E-state index in [4.69, 9.17) is 11.5 Å². The van der Waals surface area contributed by atoms with Crippen molar-refractivity contribution >= 4 is 11.7 Å². The van der Waals surface area contributed by atoms with Gasteiger partial charge in [0.25, 0.3) is 5.91 Å². The molecule has 0 saturated heterocycles. The second-order valence-electron chi connectivity index (χ2n) is 3.78. The Labute approximate surface area is 87.9 Å². The molecule has 5 nitrogen and oxygen atoms in total. The molecule has 1 amide bonds. The van der Waals surface area contributed by atoms with Gasteiger partial charge in [-0.1, -0.05) is 6.42 Å². The van der Waals surface area contributed by atoms with E-state index in [2.05, 4.69) is 9.97 Å². The maximum absolute atomic E-state index is 11.0. The van der Waals surface area contributed by atoms with Gasteiger partial charge >= 0.3 is 0 Å². The van der Waals surface area contributed by atoms with E-state index in [0.717, 1.165) is 37.1 Å². The first-order chi connectivity index (χ1) is 7.18. The molecule has 0 atom stereocenters. The van der Waals surface area contributed by atoms with Gasteiger partial charge in [0.05, 0.1) is 11.4 Å². The van der Waals surface area contributed by atoms with Gasteiger partial charge < -0.3 is 11.5 Å². The van der Waals surface area contributed by atoms with Crippen LogP contribution >= 0.6 is 0 Å². The summed E-state index contributed by atoms with van der Waals surface area (Å²) in [5.41, 5.74) is 12.7. The average Bonchev–Trinajstić information content (AvgIpc) is 2.40.